The minimum Gasteiger partial charge on any atom is -0.544 e. The average Bonchev–Trinajstić information content (AvgIpc) is 2.35. The van der Waals surface area contributed by atoms with E-state index in [0.29, 0.717) is 6.61 Å². The van der Waals surface area contributed by atoms with Crippen molar-refractivity contribution in [2.75, 3.05) is 11.0 Å². The number of benzene rings is 1. The van der Waals surface area contributed by atoms with Crippen LogP contribution in [0.15, 0.2) is 24.3 Å². The second kappa shape index (κ2) is 7.80. The molecule has 0 aliphatic rings. The first-order chi connectivity index (χ1) is 9.26. The maximum atomic E-state index is 6.26. The third-order valence-corrected chi connectivity index (χ3v) is 8.91. The normalized spacial score (nSPS) is 12.5. The summed E-state index contributed by atoms with van der Waals surface area (Å²) in [5.74, 6) is 0.979. The van der Waals surface area contributed by atoms with Gasteiger partial charge >= 0.3 is 0 Å². The third kappa shape index (κ3) is 5.74. The van der Waals surface area contributed by atoms with Crippen LogP contribution in [0.5, 0.6) is 5.75 Å². The number of hydrogen-bond donors (Lipinski definition) is 0. The van der Waals surface area contributed by atoms with Gasteiger partial charge in [0.2, 0.25) is 8.32 Å². The van der Waals surface area contributed by atoms with Crippen LogP contribution >= 0.6 is 22.6 Å². The molecule has 0 aliphatic heterocycles. The molecule has 0 unspecified atom stereocenters. The predicted octanol–water partition coefficient (Wildman–Crippen LogP) is 5.41. The lowest BCUT2D eigenvalue weighted by molar-refractivity contribution is 0.122. The lowest BCUT2D eigenvalue weighted by Crippen LogP contribution is -2.43. The van der Waals surface area contributed by atoms with E-state index in [4.69, 9.17) is 9.16 Å². The van der Waals surface area contributed by atoms with E-state index in [1.807, 2.05) is 0 Å². The smallest absolute Gasteiger partial charge is 0.250 e. The van der Waals surface area contributed by atoms with Crippen molar-refractivity contribution in [2.45, 2.75) is 51.9 Å². The van der Waals surface area contributed by atoms with Crippen molar-refractivity contribution < 1.29 is 9.16 Å². The maximum Gasteiger partial charge on any atom is 0.250 e. The molecule has 0 aliphatic carbocycles. The molecule has 114 valence electrons. The maximum absolute atomic E-state index is 6.26. The molecule has 0 bridgehead atoms. The van der Waals surface area contributed by atoms with Crippen molar-refractivity contribution in [2.24, 2.45) is 0 Å². The molecule has 20 heavy (non-hydrogen) atoms. The first kappa shape index (κ1) is 18.0. The van der Waals surface area contributed by atoms with Gasteiger partial charge in [-0.25, -0.2) is 0 Å². The molecule has 1 aromatic carbocycles. The van der Waals surface area contributed by atoms with Crippen LogP contribution in [0.4, 0.5) is 0 Å². The lowest BCUT2D eigenvalue weighted by Gasteiger charge is -2.36. The standard InChI is InChI=1S/C16H27IO2Si/c1-16(2,3)20(4,5)19-15-9-7-14(8-10-15)13-18-12-6-11-17/h7-10H,6,11-13H2,1-5H3. The summed E-state index contributed by atoms with van der Waals surface area (Å²) in [6, 6.07) is 8.34. The van der Waals surface area contributed by atoms with Crippen LogP contribution < -0.4 is 4.43 Å². The molecule has 0 fully saturated rings. The first-order valence-electron chi connectivity index (χ1n) is 7.18. The summed E-state index contributed by atoms with van der Waals surface area (Å²) < 4.78 is 13.0. The van der Waals surface area contributed by atoms with Crippen LogP contribution in [0.1, 0.15) is 32.8 Å². The molecular formula is C16H27IO2Si. The molecule has 0 saturated carbocycles. The summed E-state index contributed by atoms with van der Waals surface area (Å²) in [7, 11) is -1.73. The van der Waals surface area contributed by atoms with E-state index >= 15 is 0 Å². The number of halogens is 1. The van der Waals surface area contributed by atoms with Gasteiger partial charge in [-0.05, 0) is 42.2 Å². The quantitative estimate of drug-likeness (QED) is 0.261. The van der Waals surface area contributed by atoms with E-state index in [0.717, 1.165) is 23.2 Å². The van der Waals surface area contributed by atoms with Crippen LogP contribution in [0.3, 0.4) is 0 Å². The molecule has 0 N–H and O–H groups in total. The summed E-state index contributed by atoms with van der Waals surface area (Å²) in [5.41, 5.74) is 1.21. The zero-order valence-electron chi connectivity index (χ0n) is 13.3. The molecule has 0 heterocycles. The Morgan fingerprint density at radius 2 is 1.70 bits per heavy atom. The van der Waals surface area contributed by atoms with Gasteiger partial charge < -0.3 is 9.16 Å². The van der Waals surface area contributed by atoms with Crippen molar-refractivity contribution in [3.8, 4) is 5.75 Å². The third-order valence-electron chi connectivity index (χ3n) is 3.79. The largest absolute Gasteiger partial charge is 0.544 e. The lowest BCUT2D eigenvalue weighted by atomic mass is 10.2. The van der Waals surface area contributed by atoms with Gasteiger partial charge in [-0.1, -0.05) is 55.5 Å². The minimum absolute atomic E-state index is 0.230. The molecule has 0 atom stereocenters. The van der Waals surface area contributed by atoms with Gasteiger partial charge in [0, 0.05) is 11.0 Å². The fraction of sp³-hybridized carbons (Fsp3) is 0.625. The van der Waals surface area contributed by atoms with Crippen LogP contribution in [0.2, 0.25) is 18.1 Å². The molecule has 0 radical (unpaired) electrons. The summed E-state index contributed by atoms with van der Waals surface area (Å²) in [4.78, 5) is 0. The topological polar surface area (TPSA) is 18.5 Å². The Kier molecular flexibility index (Phi) is 7.01. The van der Waals surface area contributed by atoms with Crippen LogP contribution in [0, 0.1) is 0 Å². The second-order valence-electron chi connectivity index (χ2n) is 6.60. The van der Waals surface area contributed by atoms with E-state index in [-0.39, 0.29) is 5.04 Å². The molecule has 1 rings (SSSR count). The van der Waals surface area contributed by atoms with Gasteiger partial charge in [-0.3, -0.25) is 0 Å². The van der Waals surface area contributed by atoms with Crippen molar-refractivity contribution >= 4 is 30.9 Å². The Labute approximate surface area is 138 Å². The van der Waals surface area contributed by atoms with Gasteiger partial charge in [-0.15, -0.1) is 0 Å². The van der Waals surface area contributed by atoms with Crippen molar-refractivity contribution in [1.82, 2.24) is 0 Å². The summed E-state index contributed by atoms with van der Waals surface area (Å²) in [6.45, 7) is 12.8. The number of ether oxygens (including phenoxy) is 1. The molecule has 0 saturated heterocycles. The van der Waals surface area contributed by atoms with Gasteiger partial charge in [0.15, 0.2) is 0 Å². The SMILES string of the molecule is CC(C)(C)[Si](C)(C)Oc1ccc(COCCCI)cc1. The predicted molar refractivity (Wildman–Crippen MR) is 97.4 cm³/mol. The fourth-order valence-corrected chi connectivity index (χ4v) is 2.79. The number of rotatable bonds is 7. The molecule has 1 aromatic rings. The monoisotopic (exact) mass is 406 g/mol. The molecule has 2 nitrogen and oxygen atoms in total. The van der Waals surface area contributed by atoms with E-state index in [2.05, 4.69) is 80.7 Å². The first-order valence-corrected chi connectivity index (χ1v) is 11.6. The Morgan fingerprint density at radius 1 is 1.10 bits per heavy atom. The van der Waals surface area contributed by atoms with E-state index in [1.54, 1.807) is 0 Å². The molecular weight excluding hydrogens is 379 g/mol. The van der Waals surface area contributed by atoms with E-state index < -0.39 is 8.32 Å². The van der Waals surface area contributed by atoms with Crippen molar-refractivity contribution in [1.29, 1.82) is 0 Å². The van der Waals surface area contributed by atoms with E-state index in [9.17, 15) is 0 Å². The van der Waals surface area contributed by atoms with Gasteiger partial charge in [-0.2, -0.15) is 0 Å². The highest BCUT2D eigenvalue weighted by Gasteiger charge is 2.38. The summed E-state index contributed by atoms with van der Waals surface area (Å²) >= 11 is 2.37. The fourth-order valence-electron chi connectivity index (χ4n) is 1.45. The van der Waals surface area contributed by atoms with Gasteiger partial charge in [0.25, 0.3) is 0 Å². The summed E-state index contributed by atoms with van der Waals surface area (Å²) in [6.07, 6.45) is 1.12. The van der Waals surface area contributed by atoms with E-state index in [1.165, 1.54) is 5.56 Å². The van der Waals surface area contributed by atoms with Gasteiger partial charge in [0.05, 0.1) is 6.61 Å². The highest BCUT2D eigenvalue weighted by Crippen LogP contribution is 2.37. The minimum atomic E-state index is -1.73. The summed E-state index contributed by atoms with van der Waals surface area (Å²) in [5, 5.41) is 0.230. The zero-order chi connectivity index (χ0) is 15.2. The van der Waals surface area contributed by atoms with Crippen molar-refractivity contribution in [3.63, 3.8) is 0 Å². The second-order valence-corrected chi connectivity index (χ2v) is 12.4. The Morgan fingerprint density at radius 3 is 2.20 bits per heavy atom. The molecule has 0 spiro atoms. The van der Waals surface area contributed by atoms with Crippen LogP contribution in [-0.2, 0) is 11.3 Å². The molecule has 4 heteroatoms. The Balaban J connectivity index is 2.54. The Bertz CT molecular complexity index is 396. The highest BCUT2D eigenvalue weighted by atomic mass is 127. The number of alkyl halides is 1. The van der Waals surface area contributed by atoms with Crippen LogP contribution in [-0.4, -0.2) is 19.4 Å². The molecule has 0 aromatic heterocycles. The molecule has 0 amide bonds. The van der Waals surface area contributed by atoms with Crippen molar-refractivity contribution in [3.05, 3.63) is 29.8 Å². The number of hydrogen-bond acceptors (Lipinski definition) is 2. The Hall–Kier alpha value is -0.0731. The van der Waals surface area contributed by atoms with Crippen LogP contribution in [0.25, 0.3) is 0 Å². The zero-order valence-corrected chi connectivity index (χ0v) is 16.5. The van der Waals surface area contributed by atoms with Gasteiger partial charge in [0.1, 0.15) is 5.75 Å². The highest BCUT2D eigenvalue weighted by molar-refractivity contribution is 14.1. The average molecular weight is 406 g/mol.